The summed E-state index contributed by atoms with van der Waals surface area (Å²) < 4.78 is 0. The molecule has 1 aromatic rings. The minimum absolute atomic E-state index is 0.823. The standard InChI is InChI=1S/C14H22N2S/c1-2-4-11(3-1)12(10-16-13-5-6-13)9-14-15-7-8-17-14/h7-8,11-13,16H,1-6,9-10H2. The van der Waals surface area contributed by atoms with Gasteiger partial charge < -0.3 is 5.32 Å². The fraction of sp³-hybridized carbons (Fsp3) is 0.786. The van der Waals surface area contributed by atoms with Gasteiger partial charge in [-0.15, -0.1) is 11.3 Å². The van der Waals surface area contributed by atoms with Crippen molar-refractivity contribution in [1.29, 1.82) is 0 Å². The third-order valence-electron chi connectivity index (χ3n) is 4.23. The number of rotatable bonds is 6. The first-order valence-electron chi connectivity index (χ1n) is 7.03. The van der Waals surface area contributed by atoms with Crippen molar-refractivity contribution in [3.63, 3.8) is 0 Å². The number of thiazole rings is 1. The van der Waals surface area contributed by atoms with Gasteiger partial charge in [-0.05, 0) is 31.2 Å². The molecule has 0 spiro atoms. The predicted molar refractivity (Wildman–Crippen MR) is 72.3 cm³/mol. The monoisotopic (exact) mass is 250 g/mol. The van der Waals surface area contributed by atoms with Crippen LogP contribution in [0.4, 0.5) is 0 Å². The highest BCUT2D eigenvalue weighted by Gasteiger charge is 2.28. The molecule has 1 aromatic heterocycles. The van der Waals surface area contributed by atoms with Crippen LogP contribution in [0, 0.1) is 11.8 Å². The normalized spacial score (nSPS) is 23.1. The van der Waals surface area contributed by atoms with Gasteiger partial charge in [0.25, 0.3) is 0 Å². The van der Waals surface area contributed by atoms with Crippen molar-refractivity contribution in [3.05, 3.63) is 16.6 Å². The van der Waals surface area contributed by atoms with E-state index in [1.165, 1.54) is 56.5 Å². The van der Waals surface area contributed by atoms with Crippen LogP contribution in [0.15, 0.2) is 11.6 Å². The van der Waals surface area contributed by atoms with Crippen LogP contribution in [0.1, 0.15) is 43.5 Å². The summed E-state index contributed by atoms with van der Waals surface area (Å²) >= 11 is 1.82. The second-order valence-electron chi connectivity index (χ2n) is 5.62. The molecule has 3 rings (SSSR count). The van der Waals surface area contributed by atoms with E-state index in [9.17, 15) is 0 Å². The average Bonchev–Trinajstić information content (AvgIpc) is 2.85. The van der Waals surface area contributed by atoms with Crippen LogP contribution < -0.4 is 5.32 Å². The number of nitrogens with zero attached hydrogens (tertiary/aromatic N) is 1. The zero-order chi connectivity index (χ0) is 11.5. The highest BCUT2D eigenvalue weighted by molar-refractivity contribution is 7.09. The maximum atomic E-state index is 4.46. The van der Waals surface area contributed by atoms with E-state index >= 15 is 0 Å². The van der Waals surface area contributed by atoms with Crippen molar-refractivity contribution in [3.8, 4) is 0 Å². The quantitative estimate of drug-likeness (QED) is 0.838. The van der Waals surface area contributed by atoms with E-state index in [-0.39, 0.29) is 0 Å². The summed E-state index contributed by atoms with van der Waals surface area (Å²) in [4.78, 5) is 4.46. The Morgan fingerprint density at radius 1 is 1.29 bits per heavy atom. The van der Waals surface area contributed by atoms with E-state index in [1.54, 1.807) is 0 Å². The molecule has 0 amide bonds. The molecule has 0 radical (unpaired) electrons. The fourth-order valence-corrected chi connectivity index (χ4v) is 3.73. The number of aromatic nitrogens is 1. The number of nitrogens with one attached hydrogen (secondary N) is 1. The third-order valence-corrected chi connectivity index (χ3v) is 5.03. The van der Waals surface area contributed by atoms with Gasteiger partial charge in [0.1, 0.15) is 0 Å². The fourth-order valence-electron chi connectivity index (χ4n) is 3.02. The maximum absolute atomic E-state index is 4.46. The van der Waals surface area contributed by atoms with Gasteiger partial charge in [-0.1, -0.05) is 25.7 Å². The van der Waals surface area contributed by atoms with Crippen LogP contribution in [-0.2, 0) is 6.42 Å². The van der Waals surface area contributed by atoms with Crippen molar-refractivity contribution < 1.29 is 0 Å². The Labute approximate surface area is 108 Å². The molecule has 2 fully saturated rings. The molecular weight excluding hydrogens is 228 g/mol. The molecule has 2 nitrogen and oxygen atoms in total. The van der Waals surface area contributed by atoms with E-state index in [1.807, 2.05) is 17.5 Å². The Bertz CT molecular complexity index is 326. The molecule has 0 bridgehead atoms. The lowest BCUT2D eigenvalue weighted by atomic mass is 9.88. The van der Waals surface area contributed by atoms with E-state index in [0.717, 1.165) is 17.9 Å². The van der Waals surface area contributed by atoms with E-state index in [4.69, 9.17) is 0 Å². The smallest absolute Gasteiger partial charge is 0.0928 e. The van der Waals surface area contributed by atoms with Gasteiger partial charge in [-0.3, -0.25) is 0 Å². The molecule has 1 unspecified atom stereocenters. The van der Waals surface area contributed by atoms with Gasteiger partial charge in [0, 0.05) is 24.0 Å². The molecular formula is C14H22N2S. The van der Waals surface area contributed by atoms with Crippen molar-refractivity contribution >= 4 is 11.3 Å². The molecule has 2 aliphatic rings. The van der Waals surface area contributed by atoms with Crippen LogP contribution in [0.25, 0.3) is 0 Å². The topological polar surface area (TPSA) is 24.9 Å². The van der Waals surface area contributed by atoms with Gasteiger partial charge in [0.15, 0.2) is 0 Å². The maximum Gasteiger partial charge on any atom is 0.0928 e. The Kier molecular flexibility index (Phi) is 3.77. The average molecular weight is 250 g/mol. The molecule has 1 atom stereocenters. The Morgan fingerprint density at radius 2 is 2.12 bits per heavy atom. The van der Waals surface area contributed by atoms with Crippen LogP contribution in [0.3, 0.4) is 0 Å². The number of hydrogen-bond acceptors (Lipinski definition) is 3. The van der Waals surface area contributed by atoms with Crippen molar-refractivity contribution in [2.45, 2.75) is 51.0 Å². The van der Waals surface area contributed by atoms with Gasteiger partial charge >= 0.3 is 0 Å². The summed E-state index contributed by atoms with van der Waals surface area (Å²) in [5, 5.41) is 7.16. The molecule has 1 heterocycles. The molecule has 0 aromatic carbocycles. The molecule has 0 saturated heterocycles. The number of hydrogen-bond donors (Lipinski definition) is 1. The van der Waals surface area contributed by atoms with Crippen LogP contribution >= 0.6 is 11.3 Å². The zero-order valence-corrected chi connectivity index (χ0v) is 11.2. The minimum atomic E-state index is 0.823. The first kappa shape index (κ1) is 11.7. The van der Waals surface area contributed by atoms with Crippen molar-refractivity contribution in [2.75, 3.05) is 6.54 Å². The lowest BCUT2D eigenvalue weighted by Crippen LogP contribution is -2.30. The van der Waals surface area contributed by atoms with Crippen molar-refractivity contribution in [2.24, 2.45) is 11.8 Å². The van der Waals surface area contributed by atoms with Gasteiger partial charge in [0.05, 0.1) is 5.01 Å². The van der Waals surface area contributed by atoms with Gasteiger partial charge in [-0.25, -0.2) is 4.98 Å². The SMILES string of the molecule is c1csc(CC(CNC2CC2)C2CCCC2)n1. The summed E-state index contributed by atoms with van der Waals surface area (Å²) in [6.45, 7) is 1.22. The van der Waals surface area contributed by atoms with Crippen molar-refractivity contribution in [1.82, 2.24) is 10.3 Å². The molecule has 3 heteroatoms. The first-order valence-corrected chi connectivity index (χ1v) is 7.91. The zero-order valence-electron chi connectivity index (χ0n) is 10.4. The van der Waals surface area contributed by atoms with Crippen LogP contribution in [0.2, 0.25) is 0 Å². The summed E-state index contributed by atoms with van der Waals surface area (Å²) in [5.41, 5.74) is 0. The van der Waals surface area contributed by atoms with Gasteiger partial charge in [0.2, 0.25) is 0 Å². The second kappa shape index (κ2) is 5.49. The highest BCUT2D eigenvalue weighted by Crippen LogP contribution is 2.33. The van der Waals surface area contributed by atoms with Gasteiger partial charge in [-0.2, -0.15) is 0 Å². The minimum Gasteiger partial charge on any atom is -0.314 e. The van der Waals surface area contributed by atoms with Crippen LogP contribution in [0.5, 0.6) is 0 Å². The van der Waals surface area contributed by atoms with E-state index in [2.05, 4.69) is 15.7 Å². The molecule has 94 valence electrons. The van der Waals surface area contributed by atoms with Crippen LogP contribution in [-0.4, -0.2) is 17.6 Å². The largest absolute Gasteiger partial charge is 0.314 e. The highest BCUT2D eigenvalue weighted by atomic mass is 32.1. The summed E-state index contributed by atoms with van der Waals surface area (Å²) in [6, 6.07) is 0.843. The second-order valence-corrected chi connectivity index (χ2v) is 6.60. The first-order chi connectivity index (χ1) is 8.42. The summed E-state index contributed by atoms with van der Waals surface area (Å²) in [5.74, 6) is 1.77. The third kappa shape index (κ3) is 3.29. The lowest BCUT2D eigenvalue weighted by molar-refractivity contribution is 0.320. The lowest BCUT2D eigenvalue weighted by Gasteiger charge is -2.23. The molecule has 1 N–H and O–H groups in total. The molecule has 0 aliphatic heterocycles. The summed E-state index contributed by atoms with van der Waals surface area (Å²) in [6.07, 6.45) is 11.7. The summed E-state index contributed by atoms with van der Waals surface area (Å²) in [7, 11) is 0. The molecule has 2 saturated carbocycles. The predicted octanol–water partition coefficient (Wildman–Crippen LogP) is 3.24. The Morgan fingerprint density at radius 3 is 2.76 bits per heavy atom. The van der Waals surface area contributed by atoms with E-state index < -0.39 is 0 Å². The Balaban J connectivity index is 1.57. The molecule has 2 aliphatic carbocycles. The Hall–Kier alpha value is -0.410. The van der Waals surface area contributed by atoms with E-state index in [0.29, 0.717) is 0 Å². The molecule has 17 heavy (non-hydrogen) atoms.